The molecule has 2 rings (SSSR count). The molecule has 2 N–H and O–H groups in total. The maximum atomic E-state index is 6.06. The molecular weight excluding hydrogens is 234 g/mol. The molecule has 0 spiro atoms. The minimum Gasteiger partial charge on any atom is -0.492 e. The highest BCUT2D eigenvalue weighted by Gasteiger charge is 2.22. The Labute approximate surface area is 117 Å². The molecule has 2 nitrogen and oxygen atoms in total. The molecule has 0 unspecified atom stereocenters. The molecule has 1 saturated carbocycles. The molecule has 1 aliphatic carbocycles. The lowest BCUT2D eigenvalue weighted by atomic mass is 9.77. The van der Waals surface area contributed by atoms with Gasteiger partial charge in [-0.25, -0.2) is 0 Å². The number of rotatable bonds is 5. The van der Waals surface area contributed by atoms with Crippen LogP contribution in [0.1, 0.15) is 63.9 Å². The Morgan fingerprint density at radius 2 is 1.89 bits per heavy atom. The van der Waals surface area contributed by atoms with Crippen LogP contribution >= 0.6 is 0 Å². The van der Waals surface area contributed by atoms with Crippen LogP contribution in [-0.2, 0) is 0 Å². The molecule has 1 aromatic carbocycles. The van der Waals surface area contributed by atoms with E-state index in [9.17, 15) is 0 Å². The summed E-state index contributed by atoms with van der Waals surface area (Å²) in [6.45, 7) is 4.95. The van der Waals surface area contributed by atoms with Crippen molar-refractivity contribution in [3.63, 3.8) is 0 Å². The fourth-order valence-electron chi connectivity index (χ4n) is 3.30. The fourth-order valence-corrected chi connectivity index (χ4v) is 3.30. The Bertz CT molecular complexity index is 394. The third kappa shape index (κ3) is 3.65. The van der Waals surface area contributed by atoms with Crippen molar-refractivity contribution in [1.82, 2.24) is 0 Å². The van der Waals surface area contributed by atoms with Crippen molar-refractivity contribution in [3.8, 4) is 5.75 Å². The third-order valence-corrected chi connectivity index (χ3v) is 4.35. The molecule has 0 aliphatic heterocycles. The Balaban J connectivity index is 1.97. The van der Waals surface area contributed by atoms with Crippen LogP contribution in [0.15, 0.2) is 18.2 Å². The van der Waals surface area contributed by atoms with Gasteiger partial charge in [-0.05, 0) is 62.1 Å². The fraction of sp³-hybridized carbons (Fsp3) is 0.647. The largest absolute Gasteiger partial charge is 0.492 e. The monoisotopic (exact) mass is 261 g/mol. The molecule has 1 aliphatic rings. The summed E-state index contributed by atoms with van der Waals surface area (Å²) < 4.78 is 5.50. The first-order valence-electron chi connectivity index (χ1n) is 7.76. The van der Waals surface area contributed by atoms with Crippen molar-refractivity contribution in [2.75, 3.05) is 12.3 Å². The quantitative estimate of drug-likeness (QED) is 0.777. The number of ether oxygens (including phenoxy) is 1. The number of hydrogen-bond donors (Lipinski definition) is 1. The molecular formula is C17H27NO. The highest BCUT2D eigenvalue weighted by Crippen LogP contribution is 2.39. The van der Waals surface area contributed by atoms with Gasteiger partial charge in [0.25, 0.3) is 0 Å². The van der Waals surface area contributed by atoms with E-state index < -0.39 is 0 Å². The number of nitrogens with two attached hydrogens (primary N) is 1. The number of nitrogen functional groups attached to an aromatic ring is 1. The molecule has 1 fully saturated rings. The van der Waals surface area contributed by atoms with Gasteiger partial charge in [0.15, 0.2) is 0 Å². The number of anilines is 1. The standard InChI is InChI=1S/C17H27NO/c1-3-5-13-6-8-14(9-7-13)15-10-11-17(19-4-2)16(18)12-15/h10-14H,3-9,18H2,1-2H3. The van der Waals surface area contributed by atoms with Crippen LogP contribution in [0.3, 0.4) is 0 Å². The van der Waals surface area contributed by atoms with Gasteiger partial charge in [-0.2, -0.15) is 0 Å². The summed E-state index contributed by atoms with van der Waals surface area (Å²) in [5.74, 6) is 2.48. The molecule has 106 valence electrons. The zero-order valence-corrected chi connectivity index (χ0v) is 12.3. The van der Waals surface area contributed by atoms with Gasteiger partial charge in [0.05, 0.1) is 12.3 Å². The van der Waals surface area contributed by atoms with Gasteiger partial charge < -0.3 is 10.5 Å². The lowest BCUT2D eigenvalue weighted by Gasteiger charge is -2.29. The van der Waals surface area contributed by atoms with Gasteiger partial charge in [0.2, 0.25) is 0 Å². The summed E-state index contributed by atoms with van der Waals surface area (Å²) >= 11 is 0. The van der Waals surface area contributed by atoms with Crippen molar-refractivity contribution in [2.45, 2.75) is 58.3 Å². The van der Waals surface area contributed by atoms with Crippen molar-refractivity contribution < 1.29 is 4.74 Å². The van der Waals surface area contributed by atoms with Crippen LogP contribution in [-0.4, -0.2) is 6.61 Å². The summed E-state index contributed by atoms with van der Waals surface area (Å²) in [4.78, 5) is 0. The minimum atomic E-state index is 0.672. The van der Waals surface area contributed by atoms with Gasteiger partial charge in [-0.15, -0.1) is 0 Å². The summed E-state index contributed by atoms with van der Waals surface area (Å²) in [6, 6.07) is 6.36. The van der Waals surface area contributed by atoms with E-state index in [0.717, 1.165) is 17.4 Å². The van der Waals surface area contributed by atoms with E-state index in [2.05, 4.69) is 19.1 Å². The molecule has 1 aromatic rings. The average molecular weight is 261 g/mol. The third-order valence-electron chi connectivity index (χ3n) is 4.35. The zero-order valence-electron chi connectivity index (χ0n) is 12.3. The van der Waals surface area contributed by atoms with E-state index in [1.165, 1.54) is 44.1 Å². The lowest BCUT2D eigenvalue weighted by molar-refractivity contribution is 0.308. The van der Waals surface area contributed by atoms with E-state index in [-0.39, 0.29) is 0 Å². The van der Waals surface area contributed by atoms with Crippen LogP contribution in [0.2, 0.25) is 0 Å². The second-order valence-corrected chi connectivity index (χ2v) is 5.74. The topological polar surface area (TPSA) is 35.2 Å². The number of hydrogen-bond acceptors (Lipinski definition) is 2. The highest BCUT2D eigenvalue weighted by atomic mass is 16.5. The minimum absolute atomic E-state index is 0.672. The van der Waals surface area contributed by atoms with Crippen LogP contribution in [0, 0.1) is 5.92 Å². The van der Waals surface area contributed by atoms with Gasteiger partial charge in [-0.3, -0.25) is 0 Å². The van der Waals surface area contributed by atoms with Crippen molar-refractivity contribution >= 4 is 5.69 Å². The summed E-state index contributed by atoms with van der Waals surface area (Å²) in [5, 5.41) is 0. The molecule has 0 bridgehead atoms. The highest BCUT2D eigenvalue weighted by molar-refractivity contribution is 5.54. The van der Waals surface area contributed by atoms with Crippen molar-refractivity contribution in [2.24, 2.45) is 5.92 Å². The van der Waals surface area contributed by atoms with Gasteiger partial charge in [-0.1, -0.05) is 25.8 Å². The van der Waals surface area contributed by atoms with Crippen molar-refractivity contribution in [1.29, 1.82) is 0 Å². The molecule has 0 saturated heterocycles. The maximum absolute atomic E-state index is 6.06. The van der Waals surface area contributed by atoms with E-state index in [4.69, 9.17) is 10.5 Å². The van der Waals surface area contributed by atoms with Gasteiger partial charge in [0, 0.05) is 0 Å². The second-order valence-electron chi connectivity index (χ2n) is 5.74. The molecule has 19 heavy (non-hydrogen) atoms. The normalized spacial score (nSPS) is 23.3. The smallest absolute Gasteiger partial charge is 0.142 e. The van der Waals surface area contributed by atoms with Gasteiger partial charge in [0.1, 0.15) is 5.75 Å². The predicted molar refractivity (Wildman–Crippen MR) is 81.6 cm³/mol. The maximum Gasteiger partial charge on any atom is 0.142 e. The predicted octanol–water partition coefficient (Wildman–Crippen LogP) is 4.74. The SMILES string of the molecule is CCCC1CCC(c2ccc(OCC)c(N)c2)CC1. The first-order valence-corrected chi connectivity index (χ1v) is 7.76. The molecule has 2 heteroatoms. The van der Waals surface area contributed by atoms with Crippen molar-refractivity contribution in [3.05, 3.63) is 23.8 Å². The van der Waals surface area contributed by atoms with E-state index in [1.807, 2.05) is 13.0 Å². The summed E-state index contributed by atoms with van der Waals surface area (Å²) in [7, 11) is 0. The molecule has 0 radical (unpaired) electrons. The molecule has 0 amide bonds. The molecule has 0 atom stereocenters. The van der Waals surface area contributed by atoms with Crippen LogP contribution in [0.5, 0.6) is 5.75 Å². The summed E-state index contributed by atoms with van der Waals surface area (Å²) in [6.07, 6.45) is 8.12. The average Bonchev–Trinajstić information content (AvgIpc) is 2.43. The first kappa shape index (κ1) is 14.2. The summed E-state index contributed by atoms with van der Waals surface area (Å²) in [5.41, 5.74) is 8.25. The van der Waals surface area contributed by atoms with Gasteiger partial charge >= 0.3 is 0 Å². The lowest BCUT2D eigenvalue weighted by Crippen LogP contribution is -2.13. The second kappa shape index (κ2) is 6.83. The van der Waals surface area contributed by atoms with Crippen LogP contribution < -0.4 is 10.5 Å². The zero-order chi connectivity index (χ0) is 13.7. The Morgan fingerprint density at radius 3 is 2.47 bits per heavy atom. The van der Waals surface area contributed by atoms with Crippen LogP contribution in [0.25, 0.3) is 0 Å². The molecule has 0 aromatic heterocycles. The first-order chi connectivity index (χ1) is 9.24. The Morgan fingerprint density at radius 1 is 1.16 bits per heavy atom. The Hall–Kier alpha value is -1.18. The van der Waals surface area contributed by atoms with E-state index in [0.29, 0.717) is 12.5 Å². The Kier molecular flexibility index (Phi) is 5.12. The van der Waals surface area contributed by atoms with Crippen LogP contribution in [0.4, 0.5) is 5.69 Å². The number of benzene rings is 1. The molecule has 0 heterocycles. The van der Waals surface area contributed by atoms with E-state index >= 15 is 0 Å². The van der Waals surface area contributed by atoms with E-state index in [1.54, 1.807) is 0 Å².